The zero-order chi connectivity index (χ0) is 13.0. The van der Waals surface area contributed by atoms with Gasteiger partial charge in [0.15, 0.2) is 0 Å². The molecule has 0 radical (unpaired) electrons. The Morgan fingerprint density at radius 3 is 2.59 bits per heavy atom. The first kappa shape index (κ1) is 14.5. The Morgan fingerprint density at radius 2 is 2.18 bits per heavy atom. The summed E-state index contributed by atoms with van der Waals surface area (Å²) in [5, 5.41) is 0. The van der Waals surface area contributed by atoms with Crippen LogP contribution in [0.15, 0.2) is 0 Å². The number of likely N-dealkylation sites (N-methyl/N-ethyl adjacent to an activating group) is 2. The van der Waals surface area contributed by atoms with Crippen LogP contribution in [-0.4, -0.2) is 54.5 Å². The normalized spacial score (nSPS) is 23.1. The number of carbonyl (C=O) groups is 1. The third-order valence-electron chi connectivity index (χ3n) is 3.80. The molecule has 0 bridgehead atoms. The van der Waals surface area contributed by atoms with Crippen LogP contribution in [0.1, 0.15) is 33.6 Å². The molecule has 17 heavy (non-hydrogen) atoms. The summed E-state index contributed by atoms with van der Waals surface area (Å²) in [6, 6.07) is 0.153. The highest BCUT2D eigenvalue weighted by molar-refractivity contribution is 5.81. The average Bonchev–Trinajstić information content (AvgIpc) is 2.69. The predicted molar refractivity (Wildman–Crippen MR) is 70.7 cm³/mol. The molecule has 1 saturated heterocycles. The lowest BCUT2D eigenvalue weighted by Gasteiger charge is -2.30. The first-order valence-electron chi connectivity index (χ1n) is 6.72. The average molecular weight is 241 g/mol. The second kappa shape index (κ2) is 6.36. The van der Waals surface area contributed by atoms with Crippen molar-refractivity contribution in [3.63, 3.8) is 0 Å². The Labute approximate surface area is 105 Å². The monoisotopic (exact) mass is 241 g/mol. The molecule has 0 aromatic heterocycles. The molecule has 100 valence electrons. The van der Waals surface area contributed by atoms with E-state index in [4.69, 9.17) is 5.73 Å². The highest BCUT2D eigenvalue weighted by atomic mass is 16.2. The highest BCUT2D eigenvalue weighted by Gasteiger charge is 2.28. The number of likely N-dealkylation sites (tertiary alicyclic amines) is 1. The van der Waals surface area contributed by atoms with Crippen LogP contribution in [0.2, 0.25) is 0 Å². The van der Waals surface area contributed by atoms with Gasteiger partial charge in [-0.3, -0.25) is 4.79 Å². The Hall–Kier alpha value is -0.610. The summed E-state index contributed by atoms with van der Waals surface area (Å²) < 4.78 is 0. The number of hydrogen-bond acceptors (Lipinski definition) is 3. The second-order valence-electron chi connectivity index (χ2n) is 5.42. The van der Waals surface area contributed by atoms with Crippen molar-refractivity contribution in [1.82, 2.24) is 9.80 Å². The Kier molecular flexibility index (Phi) is 5.40. The fraction of sp³-hybridized carbons (Fsp3) is 0.923. The summed E-state index contributed by atoms with van der Waals surface area (Å²) in [5.74, 6) is 0.306. The number of rotatable bonds is 5. The number of nitrogens with zero attached hydrogens (tertiary/aromatic N) is 2. The van der Waals surface area contributed by atoms with Crippen molar-refractivity contribution in [2.24, 2.45) is 11.7 Å². The van der Waals surface area contributed by atoms with Gasteiger partial charge < -0.3 is 15.5 Å². The van der Waals surface area contributed by atoms with E-state index in [2.05, 4.69) is 11.9 Å². The largest absolute Gasteiger partial charge is 0.340 e. The summed E-state index contributed by atoms with van der Waals surface area (Å²) in [6.45, 7) is 8.75. The van der Waals surface area contributed by atoms with E-state index < -0.39 is 0 Å². The molecule has 2 N–H and O–H groups in total. The Morgan fingerprint density at radius 1 is 1.53 bits per heavy atom. The maximum atomic E-state index is 12.2. The van der Waals surface area contributed by atoms with Gasteiger partial charge in [0, 0.05) is 19.1 Å². The molecule has 0 aromatic rings. The van der Waals surface area contributed by atoms with Crippen molar-refractivity contribution in [2.75, 3.05) is 26.7 Å². The number of carbonyl (C=O) groups excluding carboxylic acids is 1. The number of amides is 1. The minimum atomic E-state index is -0.360. The zero-order valence-corrected chi connectivity index (χ0v) is 11.6. The topological polar surface area (TPSA) is 49.6 Å². The first-order valence-corrected chi connectivity index (χ1v) is 6.72. The van der Waals surface area contributed by atoms with E-state index in [0.29, 0.717) is 6.04 Å². The lowest BCUT2D eigenvalue weighted by molar-refractivity contribution is -0.134. The lowest BCUT2D eigenvalue weighted by atomic mass is 10.0. The van der Waals surface area contributed by atoms with E-state index >= 15 is 0 Å². The van der Waals surface area contributed by atoms with Gasteiger partial charge in [-0.2, -0.15) is 0 Å². The Balaban J connectivity index is 2.55. The summed E-state index contributed by atoms with van der Waals surface area (Å²) in [4.78, 5) is 16.5. The van der Waals surface area contributed by atoms with E-state index in [0.717, 1.165) is 19.6 Å². The van der Waals surface area contributed by atoms with Crippen LogP contribution in [0.25, 0.3) is 0 Å². The standard InChI is InChI=1S/C13H27N3O/c1-5-16(13(17)12(14)10(2)3)9-11-7-6-8-15(11)4/h10-12H,5-9,14H2,1-4H3/t11-,12+/m1/s1. The van der Waals surface area contributed by atoms with Gasteiger partial charge in [-0.1, -0.05) is 13.8 Å². The third-order valence-corrected chi connectivity index (χ3v) is 3.80. The molecule has 1 aliphatic rings. The highest BCUT2D eigenvalue weighted by Crippen LogP contribution is 2.16. The molecule has 4 heteroatoms. The van der Waals surface area contributed by atoms with Gasteiger partial charge in [-0.15, -0.1) is 0 Å². The van der Waals surface area contributed by atoms with Gasteiger partial charge in [0.05, 0.1) is 6.04 Å². The quantitative estimate of drug-likeness (QED) is 0.778. The van der Waals surface area contributed by atoms with Gasteiger partial charge in [0.25, 0.3) is 0 Å². The summed E-state index contributed by atoms with van der Waals surface area (Å²) >= 11 is 0. The van der Waals surface area contributed by atoms with Crippen molar-refractivity contribution < 1.29 is 4.79 Å². The molecule has 1 amide bonds. The van der Waals surface area contributed by atoms with Crippen LogP contribution >= 0.6 is 0 Å². The molecule has 4 nitrogen and oxygen atoms in total. The van der Waals surface area contributed by atoms with E-state index in [1.807, 2.05) is 25.7 Å². The van der Waals surface area contributed by atoms with Crippen molar-refractivity contribution in [3.8, 4) is 0 Å². The van der Waals surface area contributed by atoms with Crippen LogP contribution < -0.4 is 5.73 Å². The van der Waals surface area contributed by atoms with Gasteiger partial charge in [0.1, 0.15) is 0 Å². The zero-order valence-electron chi connectivity index (χ0n) is 11.6. The van der Waals surface area contributed by atoms with Crippen LogP contribution in [0.5, 0.6) is 0 Å². The fourth-order valence-corrected chi connectivity index (χ4v) is 2.34. The van der Waals surface area contributed by atoms with Gasteiger partial charge in [-0.25, -0.2) is 0 Å². The molecule has 2 atom stereocenters. The summed E-state index contributed by atoms with van der Waals surface area (Å²) in [7, 11) is 2.14. The predicted octanol–water partition coefficient (Wildman–Crippen LogP) is 0.912. The molecule has 1 heterocycles. The van der Waals surface area contributed by atoms with Crippen molar-refractivity contribution in [2.45, 2.75) is 45.7 Å². The third kappa shape index (κ3) is 3.68. The molecule has 0 aliphatic carbocycles. The number of nitrogens with two attached hydrogens (primary N) is 1. The molecule has 0 aromatic carbocycles. The van der Waals surface area contributed by atoms with Crippen molar-refractivity contribution >= 4 is 5.91 Å². The van der Waals surface area contributed by atoms with Crippen LogP contribution in [0.3, 0.4) is 0 Å². The van der Waals surface area contributed by atoms with Crippen LogP contribution in [0, 0.1) is 5.92 Å². The minimum Gasteiger partial charge on any atom is -0.340 e. The van der Waals surface area contributed by atoms with E-state index in [1.54, 1.807) is 0 Å². The summed E-state index contributed by atoms with van der Waals surface area (Å²) in [5.41, 5.74) is 5.94. The van der Waals surface area contributed by atoms with Gasteiger partial charge in [0.2, 0.25) is 5.91 Å². The van der Waals surface area contributed by atoms with E-state index in [9.17, 15) is 4.79 Å². The first-order chi connectivity index (χ1) is 7.97. The van der Waals surface area contributed by atoms with Crippen LogP contribution in [-0.2, 0) is 4.79 Å². The van der Waals surface area contributed by atoms with E-state index in [1.165, 1.54) is 12.8 Å². The maximum absolute atomic E-state index is 12.2. The van der Waals surface area contributed by atoms with Crippen molar-refractivity contribution in [3.05, 3.63) is 0 Å². The Bertz CT molecular complexity index is 255. The molecule has 1 rings (SSSR count). The summed E-state index contributed by atoms with van der Waals surface area (Å²) in [6.07, 6.45) is 2.43. The van der Waals surface area contributed by atoms with Gasteiger partial charge >= 0.3 is 0 Å². The lowest BCUT2D eigenvalue weighted by Crippen LogP contribution is -2.50. The minimum absolute atomic E-state index is 0.0998. The number of hydrogen-bond donors (Lipinski definition) is 1. The molecule has 1 aliphatic heterocycles. The molecule has 0 spiro atoms. The molecule has 0 unspecified atom stereocenters. The van der Waals surface area contributed by atoms with Gasteiger partial charge in [-0.05, 0) is 39.3 Å². The maximum Gasteiger partial charge on any atom is 0.239 e. The van der Waals surface area contributed by atoms with Crippen molar-refractivity contribution in [1.29, 1.82) is 0 Å². The smallest absolute Gasteiger partial charge is 0.239 e. The molecule has 1 fully saturated rings. The SMILES string of the molecule is CCN(C[C@H]1CCCN1C)C(=O)[C@@H](N)C(C)C. The molecular weight excluding hydrogens is 214 g/mol. The second-order valence-corrected chi connectivity index (χ2v) is 5.42. The molecule has 0 saturated carbocycles. The van der Waals surface area contributed by atoms with Crippen LogP contribution in [0.4, 0.5) is 0 Å². The fourth-order valence-electron chi connectivity index (χ4n) is 2.34. The van der Waals surface area contributed by atoms with E-state index in [-0.39, 0.29) is 17.9 Å². The molecular formula is C13H27N3O.